The van der Waals surface area contributed by atoms with Gasteiger partial charge < -0.3 is 14.5 Å². The molecular formula is C16H15ClN4O2. The van der Waals surface area contributed by atoms with Crippen LogP contribution in [0.4, 0.5) is 5.69 Å². The minimum absolute atomic E-state index is 0.0916. The summed E-state index contributed by atoms with van der Waals surface area (Å²) in [7, 11) is 1.70. The summed E-state index contributed by atoms with van der Waals surface area (Å²) >= 11 is 6.00. The molecule has 6 nitrogen and oxygen atoms in total. The molecule has 0 aromatic carbocycles. The second-order valence-corrected chi connectivity index (χ2v) is 5.68. The molecular weight excluding hydrogens is 316 g/mol. The minimum atomic E-state index is -0.496. The zero-order valence-electron chi connectivity index (χ0n) is 12.7. The number of pyridine rings is 2. The fourth-order valence-electron chi connectivity index (χ4n) is 2.43. The van der Waals surface area contributed by atoms with Crippen LogP contribution in [0.15, 0.2) is 47.8 Å². The van der Waals surface area contributed by atoms with E-state index in [1.807, 2.05) is 6.07 Å². The predicted molar refractivity (Wildman–Crippen MR) is 89.8 cm³/mol. The molecule has 1 amide bonds. The van der Waals surface area contributed by atoms with E-state index >= 15 is 0 Å². The van der Waals surface area contributed by atoms with Crippen LogP contribution >= 0.6 is 11.6 Å². The standard InChI is InChI=1S/C16H15ClN4O2/c1-10(15(22)19-13-3-6-18-9-12(13)17)21-8-4-11-14(21)5-7-20(2)16(11)23/h3-10H,1-2H3,(H,18,19,22). The third kappa shape index (κ3) is 2.73. The van der Waals surface area contributed by atoms with Crippen molar-refractivity contribution in [3.05, 3.63) is 58.4 Å². The first-order valence-corrected chi connectivity index (χ1v) is 7.43. The minimum Gasteiger partial charge on any atom is -0.335 e. The number of hydrogen-bond donors (Lipinski definition) is 1. The van der Waals surface area contributed by atoms with Gasteiger partial charge in [0.2, 0.25) is 5.91 Å². The van der Waals surface area contributed by atoms with Crippen LogP contribution in [0.2, 0.25) is 5.02 Å². The Hall–Kier alpha value is -2.60. The van der Waals surface area contributed by atoms with Crippen LogP contribution in [0.3, 0.4) is 0 Å². The Labute approximate surface area is 137 Å². The van der Waals surface area contributed by atoms with E-state index in [0.717, 1.165) is 5.52 Å². The number of carbonyl (C=O) groups is 1. The molecule has 118 valence electrons. The van der Waals surface area contributed by atoms with Gasteiger partial charge in [0.1, 0.15) is 6.04 Å². The zero-order valence-corrected chi connectivity index (χ0v) is 13.4. The molecule has 0 fully saturated rings. The summed E-state index contributed by atoms with van der Waals surface area (Å²) in [5.74, 6) is -0.226. The molecule has 1 atom stereocenters. The Bertz CT molecular complexity index is 945. The van der Waals surface area contributed by atoms with Crippen molar-refractivity contribution >= 4 is 34.1 Å². The van der Waals surface area contributed by atoms with Crippen molar-refractivity contribution in [1.82, 2.24) is 14.1 Å². The molecule has 0 bridgehead atoms. The van der Waals surface area contributed by atoms with E-state index in [9.17, 15) is 9.59 Å². The number of carbonyl (C=O) groups excluding carboxylic acids is 1. The molecule has 0 saturated heterocycles. The van der Waals surface area contributed by atoms with Crippen LogP contribution in [0.5, 0.6) is 0 Å². The molecule has 3 aromatic heterocycles. The quantitative estimate of drug-likeness (QED) is 0.802. The molecule has 0 aliphatic rings. The highest BCUT2D eigenvalue weighted by Crippen LogP contribution is 2.22. The number of amides is 1. The van der Waals surface area contributed by atoms with Crippen molar-refractivity contribution in [2.75, 3.05) is 5.32 Å². The van der Waals surface area contributed by atoms with Crippen molar-refractivity contribution in [2.45, 2.75) is 13.0 Å². The van der Waals surface area contributed by atoms with Gasteiger partial charge in [-0.1, -0.05) is 11.6 Å². The second-order valence-electron chi connectivity index (χ2n) is 5.27. The molecule has 3 aromatic rings. The highest BCUT2D eigenvalue weighted by Gasteiger charge is 2.18. The van der Waals surface area contributed by atoms with Crippen LogP contribution in [0.1, 0.15) is 13.0 Å². The van der Waals surface area contributed by atoms with Crippen molar-refractivity contribution in [3.63, 3.8) is 0 Å². The molecule has 0 aliphatic heterocycles. The molecule has 0 saturated carbocycles. The Morgan fingerprint density at radius 1 is 1.30 bits per heavy atom. The van der Waals surface area contributed by atoms with E-state index in [1.54, 1.807) is 49.3 Å². The van der Waals surface area contributed by atoms with Gasteiger partial charge in [0, 0.05) is 31.8 Å². The van der Waals surface area contributed by atoms with Crippen molar-refractivity contribution in [2.24, 2.45) is 7.05 Å². The van der Waals surface area contributed by atoms with Gasteiger partial charge in [0.15, 0.2) is 0 Å². The smallest absolute Gasteiger partial charge is 0.259 e. The summed E-state index contributed by atoms with van der Waals surface area (Å²) in [6, 6.07) is 4.68. The summed E-state index contributed by atoms with van der Waals surface area (Å²) in [5, 5.41) is 3.73. The van der Waals surface area contributed by atoms with E-state index in [4.69, 9.17) is 11.6 Å². The summed E-state index contributed by atoms with van der Waals surface area (Å²) in [6.45, 7) is 1.77. The van der Waals surface area contributed by atoms with E-state index in [0.29, 0.717) is 16.1 Å². The van der Waals surface area contributed by atoms with Gasteiger partial charge >= 0.3 is 0 Å². The summed E-state index contributed by atoms with van der Waals surface area (Å²) < 4.78 is 3.27. The van der Waals surface area contributed by atoms with Crippen molar-refractivity contribution < 1.29 is 4.79 Å². The Balaban J connectivity index is 1.93. The molecule has 0 aliphatic carbocycles. The number of nitrogens with zero attached hydrogens (tertiary/aromatic N) is 3. The zero-order chi connectivity index (χ0) is 16.6. The van der Waals surface area contributed by atoms with Crippen LogP contribution in [-0.4, -0.2) is 20.0 Å². The first-order chi connectivity index (χ1) is 11.0. The van der Waals surface area contributed by atoms with Crippen LogP contribution < -0.4 is 10.9 Å². The molecule has 1 unspecified atom stereocenters. The molecule has 3 rings (SSSR count). The largest absolute Gasteiger partial charge is 0.335 e. The Kier molecular flexibility index (Phi) is 3.92. The van der Waals surface area contributed by atoms with Gasteiger partial charge in [-0.3, -0.25) is 14.6 Å². The molecule has 0 spiro atoms. The molecule has 3 heterocycles. The molecule has 23 heavy (non-hydrogen) atoms. The van der Waals surface area contributed by atoms with Crippen molar-refractivity contribution in [1.29, 1.82) is 0 Å². The van der Waals surface area contributed by atoms with Crippen LogP contribution in [-0.2, 0) is 11.8 Å². The average Bonchev–Trinajstić information content (AvgIpc) is 2.97. The number of nitrogens with one attached hydrogen (secondary N) is 1. The Morgan fingerprint density at radius 2 is 2.09 bits per heavy atom. The lowest BCUT2D eigenvalue weighted by atomic mass is 10.2. The maximum atomic E-state index is 12.5. The number of aryl methyl sites for hydroxylation is 1. The first-order valence-electron chi connectivity index (χ1n) is 7.05. The first kappa shape index (κ1) is 15.3. The summed E-state index contributed by atoms with van der Waals surface area (Å²) in [5.41, 5.74) is 1.13. The molecule has 1 N–H and O–H groups in total. The van der Waals surface area contributed by atoms with Gasteiger partial charge in [-0.2, -0.15) is 0 Å². The maximum absolute atomic E-state index is 12.5. The van der Waals surface area contributed by atoms with Crippen LogP contribution in [0.25, 0.3) is 10.9 Å². The second kappa shape index (κ2) is 5.89. The highest BCUT2D eigenvalue weighted by molar-refractivity contribution is 6.33. The van der Waals surface area contributed by atoms with Crippen molar-refractivity contribution in [3.8, 4) is 0 Å². The van der Waals surface area contributed by atoms with Crippen LogP contribution in [0, 0.1) is 0 Å². The lowest BCUT2D eigenvalue weighted by Crippen LogP contribution is -2.24. The van der Waals surface area contributed by atoms with E-state index in [2.05, 4.69) is 10.3 Å². The number of hydrogen-bond acceptors (Lipinski definition) is 3. The molecule has 0 radical (unpaired) electrons. The normalized spacial score (nSPS) is 12.3. The maximum Gasteiger partial charge on any atom is 0.259 e. The van der Waals surface area contributed by atoms with Gasteiger partial charge in [-0.05, 0) is 25.1 Å². The number of aromatic nitrogens is 3. The van der Waals surface area contributed by atoms with E-state index in [-0.39, 0.29) is 11.5 Å². The predicted octanol–water partition coefficient (Wildman–Crippen LogP) is 2.59. The summed E-state index contributed by atoms with van der Waals surface area (Å²) in [4.78, 5) is 28.4. The summed E-state index contributed by atoms with van der Waals surface area (Å²) in [6.07, 6.45) is 6.45. The SMILES string of the molecule is CC(C(=O)Nc1ccncc1Cl)n1ccc2c(=O)n(C)ccc21. The van der Waals surface area contributed by atoms with E-state index in [1.165, 1.54) is 10.8 Å². The fraction of sp³-hybridized carbons (Fsp3) is 0.188. The fourth-order valence-corrected chi connectivity index (χ4v) is 2.60. The average molecular weight is 331 g/mol. The van der Waals surface area contributed by atoms with Gasteiger partial charge in [0.05, 0.1) is 21.6 Å². The van der Waals surface area contributed by atoms with Gasteiger partial charge in [-0.25, -0.2) is 0 Å². The monoisotopic (exact) mass is 330 g/mol. The van der Waals surface area contributed by atoms with Gasteiger partial charge in [0.25, 0.3) is 5.56 Å². The topological polar surface area (TPSA) is 68.9 Å². The lowest BCUT2D eigenvalue weighted by molar-refractivity contribution is -0.118. The third-order valence-electron chi connectivity index (χ3n) is 3.79. The van der Waals surface area contributed by atoms with Gasteiger partial charge in [-0.15, -0.1) is 0 Å². The number of rotatable bonds is 3. The number of fused-ring (bicyclic) bond motifs is 1. The lowest BCUT2D eigenvalue weighted by Gasteiger charge is -2.16. The number of anilines is 1. The molecule has 7 heteroatoms. The highest BCUT2D eigenvalue weighted by atomic mass is 35.5. The third-order valence-corrected chi connectivity index (χ3v) is 4.09. The van der Waals surface area contributed by atoms with E-state index < -0.39 is 6.04 Å². The Morgan fingerprint density at radius 3 is 2.83 bits per heavy atom. The number of halogens is 1.